The second kappa shape index (κ2) is 9.95. The van der Waals surface area contributed by atoms with Crippen LogP contribution in [0.5, 0.6) is 0 Å². The number of nitrogens with zero attached hydrogens (tertiary/aromatic N) is 2. The van der Waals surface area contributed by atoms with Gasteiger partial charge in [0.15, 0.2) is 0 Å². The van der Waals surface area contributed by atoms with Gasteiger partial charge in [0, 0.05) is 18.6 Å². The van der Waals surface area contributed by atoms with Crippen molar-refractivity contribution >= 4 is 29.1 Å². The van der Waals surface area contributed by atoms with Crippen LogP contribution in [0.1, 0.15) is 18.1 Å². The van der Waals surface area contributed by atoms with Gasteiger partial charge < -0.3 is 10.2 Å². The zero-order chi connectivity index (χ0) is 22.5. The molecule has 2 amide bonds. The summed E-state index contributed by atoms with van der Waals surface area (Å²) in [6.45, 7) is 1.82. The molecule has 0 spiro atoms. The zero-order valence-electron chi connectivity index (χ0n) is 16.8. The topological polar surface area (TPSA) is 52.7 Å². The summed E-state index contributed by atoms with van der Waals surface area (Å²) in [6, 6.07) is 11.4. The summed E-state index contributed by atoms with van der Waals surface area (Å²) < 4.78 is 39.2. The normalized spacial score (nSPS) is 12.5. The first-order valence-corrected chi connectivity index (χ1v) is 9.52. The summed E-state index contributed by atoms with van der Waals surface area (Å²) in [5, 5.41) is 2.85. The second-order valence-electron chi connectivity index (χ2n) is 7.00. The number of nitrogens with one attached hydrogen (secondary N) is 1. The maximum absolute atomic E-state index is 13.1. The van der Waals surface area contributed by atoms with E-state index in [9.17, 15) is 22.8 Å². The fourth-order valence-corrected chi connectivity index (χ4v) is 2.97. The van der Waals surface area contributed by atoms with E-state index in [1.807, 2.05) is 12.1 Å². The molecular formula is C21H23ClF3N3O2. The number of hydrogen-bond acceptors (Lipinski definition) is 3. The standard InChI is InChI=1S/C21H23ClF3N3O2/c1-14(27(2)12-15-8-10-16(22)11-9-15)20(30)28(3)13-19(29)26-18-7-5-4-6-17(18)21(23,24)25/h4-11,14H,12-13H2,1-3H3,(H,26,29)/t14-/m1/s1. The molecule has 0 fully saturated rings. The van der Waals surface area contributed by atoms with Crippen LogP contribution >= 0.6 is 11.6 Å². The molecule has 30 heavy (non-hydrogen) atoms. The monoisotopic (exact) mass is 441 g/mol. The first-order valence-electron chi connectivity index (χ1n) is 9.14. The molecule has 0 radical (unpaired) electrons. The highest BCUT2D eigenvalue weighted by atomic mass is 35.5. The van der Waals surface area contributed by atoms with Gasteiger partial charge in [-0.05, 0) is 43.8 Å². The number of hydrogen-bond donors (Lipinski definition) is 1. The van der Waals surface area contributed by atoms with Gasteiger partial charge in [-0.15, -0.1) is 0 Å². The molecule has 0 unspecified atom stereocenters. The van der Waals surface area contributed by atoms with Gasteiger partial charge >= 0.3 is 6.18 Å². The fraction of sp³-hybridized carbons (Fsp3) is 0.333. The third kappa shape index (κ3) is 6.47. The van der Waals surface area contributed by atoms with Crippen LogP contribution in [0.3, 0.4) is 0 Å². The van der Waals surface area contributed by atoms with Gasteiger partial charge in [0.25, 0.3) is 0 Å². The van der Waals surface area contributed by atoms with Crippen molar-refractivity contribution in [1.82, 2.24) is 9.80 Å². The largest absolute Gasteiger partial charge is 0.418 e. The van der Waals surface area contributed by atoms with Crippen molar-refractivity contribution < 1.29 is 22.8 Å². The maximum atomic E-state index is 13.1. The van der Waals surface area contributed by atoms with Crippen LogP contribution in [0.15, 0.2) is 48.5 Å². The number of rotatable bonds is 7. The molecule has 0 saturated carbocycles. The molecule has 1 atom stereocenters. The highest BCUT2D eigenvalue weighted by Crippen LogP contribution is 2.34. The minimum atomic E-state index is -4.59. The number of halogens is 4. The molecule has 2 rings (SSSR count). The van der Waals surface area contributed by atoms with Crippen molar-refractivity contribution in [3.63, 3.8) is 0 Å². The fourth-order valence-electron chi connectivity index (χ4n) is 2.84. The van der Waals surface area contributed by atoms with Gasteiger partial charge in [0.2, 0.25) is 11.8 Å². The average Bonchev–Trinajstić information content (AvgIpc) is 2.68. The second-order valence-corrected chi connectivity index (χ2v) is 7.44. The van der Waals surface area contributed by atoms with E-state index in [0.29, 0.717) is 11.6 Å². The molecule has 0 aromatic heterocycles. The highest BCUT2D eigenvalue weighted by Gasteiger charge is 2.33. The maximum Gasteiger partial charge on any atom is 0.418 e. The summed E-state index contributed by atoms with van der Waals surface area (Å²) in [6.07, 6.45) is -4.59. The third-order valence-electron chi connectivity index (χ3n) is 4.63. The third-order valence-corrected chi connectivity index (χ3v) is 4.88. The molecule has 0 aliphatic heterocycles. The number of carbonyl (C=O) groups excluding carboxylic acids is 2. The number of benzene rings is 2. The lowest BCUT2D eigenvalue weighted by Gasteiger charge is -2.28. The van der Waals surface area contributed by atoms with Crippen molar-refractivity contribution in [2.24, 2.45) is 0 Å². The van der Waals surface area contributed by atoms with Gasteiger partial charge in [-0.1, -0.05) is 35.9 Å². The quantitative estimate of drug-likeness (QED) is 0.698. The van der Waals surface area contributed by atoms with Gasteiger partial charge in [-0.25, -0.2) is 0 Å². The number of carbonyl (C=O) groups is 2. The Morgan fingerprint density at radius 2 is 1.67 bits per heavy atom. The molecule has 9 heteroatoms. The Morgan fingerprint density at radius 1 is 1.07 bits per heavy atom. The Kier molecular flexibility index (Phi) is 7.86. The van der Waals surface area contributed by atoms with E-state index in [2.05, 4.69) is 5.32 Å². The Hall–Kier alpha value is -2.58. The SMILES string of the molecule is C[C@H](C(=O)N(C)CC(=O)Nc1ccccc1C(F)(F)F)N(C)Cc1ccc(Cl)cc1. The van der Waals surface area contributed by atoms with E-state index in [-0.39, 0.29) is 18.1 Å². The van der Waals surface area contributed by atoms with Gasteiger partial charge in [0.1, 0.15) is 0 Å². The van der Waals surface area contributed by atoms with Crippen molar-refractivity contribution in [3.8, 4) is 0 Å². The van der Waals surface area contributed by atoms with E-state index >= 15 is 0 Å². The number of likely N-dealkylation sites (N-methyl/N-ethyl adjacent to an activating group) is 2. The molecular weight excluding hydrogens is 419 g/mol. The molecule has 0 heterocycles. The van der Waals surface area contributed by atoms with Crippen LogP contribution in [-0.2, 0) is 22.3 Å². The van der Waals surface area contributed by atoms with Crippen LogP contribution in [0.25, 0.3) is 0 Å². The van der Waals surface area contributed by atoms with E-state index in [0.717, 1.165) is 11.6 Å². The lowest BCUT2D eigenvalue weighted by atomic mass is 10.1. The number of anilines is 1. The Labute approximate surface area is 178 Å². The summed E-state index contributed by atoms with van der Waals surface area (Å²) in [5.41, 5.74) is -0.321. The lowest BCUT2D eigenvalue weighted by Crippen LogP contribution is -2.46. The summed E-state index contributed by atoms with van der Waals surface area (Å²) >= 11 is 5.87. The van der Waals surface area contributed by atoms with Crippen molar-refractivity contribution in [2.75, 3.05) is 26.0 Å². The minimum absolute atomic E-state index is 0.328. The Morgan fingerprint density at radius 3 is 2.27 bits per heavy atom. The predicted molar refractivity (Wildman–Crippen MR) is 110 cm³/mol. The summed E-state index contributed by atoms with van der Waals surface area (Å²) in [7, 11) is 3.20. The number of amides is 2. The summed E-state index contributed by atoms with van der Waals surface area (Å²) in [4.78, 5) is 27.9. The molecule has 0 aliphatic carbocycles. The molecule has 0 bridgehead atoms. The van der Waals surface area contributed by atoms with Gasteiger partial charge in [-0.3, -0.25) is 14.5 Å². The average molecular weight is 442 g/mol. The van der Waals surface area contributed by atoms with Crippen LogP contribution < -0.4 is 5.32 Å². The Bertz CT molecular complexity index is 888. The smallest absolute Gasteiger partial charge is 0.335 e. The van der Waals surface area contributed by atoms with Crippen molar-refractivity contribution in [2.45, 2.75) is 25.7 Å². The van der Waals surface area contributed by atoms with Gasteiger partial charge in [0.05, 0.1) is 23.8 Å². The highest BCUT2D eigenvalue weighted by molar-refractivity contribution is 6.30. The first kappa shape index (κ1) is 23.7. The zero-order valence-corrected chi connectivity index (χ0v) is 17.6. The minimum Gasteiger partial charge on any atom is -0.335 e. The van der Waals surface area contributed by atoms with Crippen LogP contribution in [-0.4, -0.2) is 48.3 Å². The van der Waals surface area contributed by atoms with E-state index in [4.69, 9.17) is 11.6 Å². The van der Waals surface area contributed by atoms with Crippen LogP contribution in [0.4, 0.5) is 18.9 Å². The van der Waals surface area contributed by atoms with Crippen molar-refractivity contribution in [3.05, 3.63) is 64.7 Å². The molecule has 0 aliphatic rings. The van der Waals surface area contributed by atoms with E-state index < -0.39 is 23.7 Å². The lowest BCUT2D eigenvalue weighted by molar-refractivity contribution is -0.138. The first-order chi connectivity index (χ1) is 14.0. The molecule has 5 nitrogen and oxygen atoms in total. The molecule has 2 aromatic carbocycles. The molecule has 0 saturated heterocycles. The molecule has 2 aromatic rings. The molecule has 162 valence electrons. The molecule has 1 N–H and O–H groups in total. The van der Waals surface area contributed by atoms with E-state index in [1.165, 1.54) is 30.1 Å². The Balaban J connectivity index is 1.96. The van der Waals surface area contributed by atoms with Crippen LogP contribution in [0, 0.1) is 0 Å². The number of alkyl halides is 3. The van der Waals surface area contributed by atoms with Crippen molar-refractivity contribution in [1.29, 1.82) is 0 Å². The number of para-hydroxylation sites is 1. The van der Waals surface area contributed by atoms with E-state index in [1.54, 1.807) is 31.0 Å². The summed E-state index contributed by atoms with van der Waals surface area (Å²) in [5.74, 6) is -1.04. The van der Waals surface area contributed by atoms with Crippen LogP contribution in [0.2, 0.25) is 5.02 Å². The van der Waals surface area contributed by atoms with Gasteiger partial charge in [-0.2, -0.15) is 13.2 Å². The predicted octanol–water partition coefficient (Wildman–Crippen LogP) is 4.28.